The third-order valence-electron chi connectivity index (χ3n) is 19.5. The fraction of sp³-hybridized carbons (Fsp3) is 0.547. The van der Waals surface area contributed by atoms with Crippen LogP contribution in [0.15, 0.2) is 102 Å². The van der Waals surface area contributed by atoms with Crippen LogP contribution in [0.2, 0.25) is 0 Å². The number of hydroxylamine groups is 2. The molecule has 0 radical (unpaired) electrons. The first kappa shape index (κ1) is 106. The number of fused-ring (bicyclic) bond motifs is 4. The summed E-state index contributed by atoms with van der Waals surface area (Å²) < 4.78 is 51.3. The second kappa shape index (κ2) is 55.6. The van der Waals surface area contributed by atoms with Crippen molar-refractivity contribution in [3.63, 3.8) is 0 Å². The summed E-state index contributed by atoms with van der Waals surface area (Å²) in [7, 11) is 20.2. The molecule has 3 N–H and O–H groups in total. The van der Waals surface area contributed by atoms with E-state index in [0.717, 1.165) is 127 Å². The number of hydrogen-bond donors (Lipinski definition) is 3. The normalized spacial score (nSPS) is 16.9. The molecule has 9 heterocycles. The van der Waals surface area contributed by atoms with Crippen molar-refractivity contribution in [2.45, 2.75) is 194 Å². The van der Waals surface area contributed by atoms with Gasteiger partial charge in [0.25, 0.3) is 34.1 Å². The van der Waals surface area contributed by atoms with Gasteiger partial charge >= 0.3 is 47.8 Å². The summed E-state index contributed by atoms with van der Waals surface area (Å²) >= 11 is 0. The standard InChI is InChI=1S/C17H18N2O4.C13H14O6.C12H18N2O5.C11H15N3O3.C11H16N2O5.C10H12N2O4.C8H15N.C2H7N.C2H6/c1-22-17(21)14-15(23-11-12-7-3-2-4-8-12)16(20)19-10-6-5-9-13(19)18-14;1-17-12(15)10(14)11(13(16)18-2)19-8-9-6-4-3-5-7-9;1-14-7-5-4-6-10(14)13-19-9(12(16)18-3)8-11(15)17-2;1-13(2)10(16)8-9(15)11(17)14-6-4-3-5-7(14)12-8;1-16-9(14)7-11(10(15)17-2)12-8-5-3-4-6-13(8)18-11;1-16-10(15)7-8(13)9(14)12-5-3-2-4-6(12)11-7;1-7-5-3-4-6-8(7)9-2;1-3-2;1-2/h2-4,7-8H,5-6,9-11H2,1H3;3-7,11H,8H2,1-2H3;8H,4-7H2,1-3H3;15H,3-6H2,1-2H3;3-7H2,1-2H3;13H,2-5H2,1H3;7H,3-6H2,1-2H3;3H,1-2H3;1-2H3. The number of aromatic hydroxyl groups is 2. The van der Waals surface area contributed by atoms with E-state index < -0.39 is 93.9 Å². The number of aliphatic imine (C=N–C) groups is 2. The monoisotopic (exact) mass is 1770 g/mol. The van der Waals surface area contributed by atoms with Gasteiger partial charge in [-0.2, -0.15) is 0 Å². The average molecular weight is 1770 g/mol. The number of ketones is 1. The number of carbonyl (C=O) groups is 10. The number of aromatic nitrogens is 6. The lowest BCUT2D eigenvalue weighted by Gasteiger charge is -2.26. The molecule has 3 aromatic heterocycles. The molecule has 3 atom stereocenters. The van der Waals surface area contributed by atoms with Gasteiger partial charge in [-0.05, 0) is 115 Å². The van der Waals surface area contributed by atoms with E-state index in [9.17, 15) is 72.5 Å². The summed E-state index contributed by atoms with van der Waals surface area (Å²) in [5.74, 6) is -5.40. The number of rotatable bonds is 19. The van der Waals surface area contributed by atoms with Crippen molar-refractivity contribution >= 4 is 76.8 Å². The maximum Gasteiger partial charge on any atom is 0.377 e. The van der Waals surface area contributed by atoms with E-state index in [-0.39, 0.29) is 53.8 Å². The number of amides is 1. The molecule has 6 aliphatic heterocycles. The van der Waals surface area contributed by atoms with Crippen molar-refractivity contribution in [3.8, 4) is 17.2 Å². The molecule has 3 fully saturated rings. The zero-order chi connectivity index (χ0) is 93.6. The molecule has 7 aliphatic rings. The Morgan fingerprint density at radius 2 is 1.06 bits per heavy atom. The minimum Gasteiger partial charge on any atom is -0.501 e. The van der Waals surface area contributed by atoms with Gasteiger partial charge in [0.2, 0.25) is 29.1 Å². The first-order valence-corrected chi connectivity index (χ1v) is 41.2. The van der Waals surface area contributed by atoms with E-state index in [2.05, 4.69) is 75.5 Å². The van der Waals surface area contributed by atoms with Gasteiger partial charge in [-0.1, -0.05) is 93.0 Å². The van der Waals surface area contributed by atoms with Crippen molar-refractivity contribution in [1.29, 1.82) is 0 Å². The predicted molar refractivity (Wildman–Crippen MR) is 458 cm³/mol. The number of piperidine rings is 2. The van der Waals surface area contributed by atoms with Crippen LogP contribution in [0.25, 0.3) is 0 Å². The molecule has 0 bridgehead atoms. The summed E-state index contributed by atoms with van der Waals surface area (Å²) in [5, 5.41) is 27.5. The number of nitrogens with one attached hydrogen (secondary N) is 1. The van der Waals surface area contributed by atoms with Gasteiger partial charge in [0.1, 0.15) is 42.2 Å². The Morgan fingerprint density at radius 1 is 0.579 bits per heavy atom. The highest BCUT2D eigenvalue weighted by Gasteiger charge is 2.51. The van der Waals surface area contributed by atoms with E-state index in [1.54, 1.807) is 48.0 Å². The fourth-order valence-corrected chi connectivity index (χ4v) is 12.8. The molecule has 12 rings (SSSR count). The molecule has 5 aromatic rings. The molecule has 3 unspecified atom stereocenters. The van der Waals surface area contributed by atoms with Gasteiger partial charge < -0.3 is 77.5 Å². The highest BCUT2D eigenvalue weighted by Crippen LogP contribution is 2.33. The van der Waals surface area contributed by atoms with Crippen LogP contribution in [-0.2, 0) is 138 Å². The smallest absolute Gasteiger partial charge is 0.377 e. The Morgan fingerprint density at radius 3 is 1.54 bits per heavy atom. The quantitative estimate of drug-likeness (QED) is 0.0150. The van der Waals surface area contributed by atoms with Crippen LogP contribution in [-0.4, -0.2) is 255 Å². The number of methoxy groups -OCH3 is 8. The van der Waals surface area contributed by atoms with Crippen molar-refractivity contribution in [3.05, 3.63) is 149 Å². The van der Waals surface area contributed by atoms with Crippen molar-refractivity contribution in [2.75, 3.05) is 112 Å². The lowest BCUT2D eigenvalue weighted by atomic mass is 9.89. The van der Waals surface area contributed by atoms with Gasteiger partial charge in [0.15, 0.2) is 17.1 Å². The first-order chi connectivity index (χ1) is 60.4. The third kappa shape index (κ3) is 31.6. The van der Waals surface area contributed by atoms with Gasteiger partial charge in [0.05, 0.1) is 69.6 Å². The number of oxime groups is 1. The van der Waals surface area contributed by atoms with E-state index in [1.165, 1.54) is 88.1 Å². The number of hydrogen-bond acceptors (Lipinski definition) is 35. The predicted octanol–water partition coefficient (Wildman–Crippen LogP) is 6.53. The Kier molecular flexibility index (Phi) is 46.7. The maximum atomic E-state index is 12.7. The summed E-state index contributed by atoms with van der Waals surface area (Å²) in [5.41, 5.74) is -0.381. The molecule has 1 aliphatic carbocycles. The van der Waals surface area contributed by atoms with E-state index in [1.807, 2.05) is 83.3 Å². The molecular formula is C86H121N13O27. The number of nitrogens with zero attached hydrogens (tertiary/aromatic N) is 12. The van der Waals surface area contributed by atoms with Crippen LogP contribution in [0.3, 0.4) is 0 Å². The molecule has 40 heteroatoms. The van der Waals surface area contributed by atoms with Crippen LogP contribution >= 0.6 is 0 Å². The summed E-state index contributed by atoms with van der Waals surface area (Å²) in [4.78, 5) is 186. The molecule has 2 aromatic carbocycles. The van der Waals surface area contributed by atoms with Crippen LogP contribution in [0, 0.1) is 5.92 Å². The molecule has 692 valence electrons. The summed E-state index contributed by atoms with van der Waals surface area (Å²) in [6.07, 6.45) is 17.5. The lowest BCUT2D eigenvalue weighted by Crippen LogP contribution is -2.43. The zero-order valence-corrected chi connectivity index (χ0v) is 75.1. The molecule has 1 amide bonds. The van der Waals surface area contributed by atoms with Gasteiger partial charge in [-0.15, -0.1) is 0 Å². The average Bonchev–Trinajstić information content (AvgIpc) is 0.996. The molecule has 40 nitrogen and oxygen atoms in total. The van der Waals surface area contributed by atoms with Crippen molar-refractivity contribution < 1.29 is 115 Å². The number of likely N-dealkylation sites (tertiary alicyclic amines) is 1. The second-order valence-electron chi connectivity index (χ2n) is 28.5. The first-order valence-electron chi connectivity index (χ1n) is 41.2. The lowest BCUT2D eigenvalue weighted by molar-refractivity contribution is -0.212. The van der Waals surface area contributed by atoms with Crippen LogP contribution < -0.4 is 26.7 Å². The summed E-state index contributed by atoms with van der Waals surface area (Å²) in [6, 6.07) is 18.4. The molecule has 1 saturated carbocycles. The summed E-state index contributed by atoms with van der Waals surface area (Å²) in [6.45, 7) is 9.73. The number of carbonyl (C=O) groups excluding carboxylic acids is 10. The number of Topliss-reactive ketones (excluding diaryl/α,β-unsaturated/α-hetero) is 1. The highest BCUT2D eigenvalue weighted by atomic mass is 16.7. The van der Waals surface area contributed by atoms with Crippen LogP contribution in [0.5, 0.6) is 17.2 Å². The third-order valence-corrected chi connectivity index (χ3v) is 19.5. The van der Waals surface area contributed by atoms with E-state index in [4.69, 9.17) is 23.9 Å². The number of aryl methyl sites for hydroxylation is 3. The SMILES string of the molecule is CC.CN(C)C(=O)c1nc2n(c(=O)c1O)CCCC2.CN=C1CCCCC1C.CNC.COC(=O)C(=O)C(OCc1ccccc1)C(=O)OC.COC(=O)C=C(ON=C1CCCCN1C)C(=O)OC.COC(=O)CC1(C(=O)OC)N=C2CCCCN2O1.COC(=O)c1nc2n(c(=O)c1O)CCCC2.COC(=O)c1nc2n(c(=O)c1OCc1ccccc1)CCCC2. The number of amidine groups is 2. The molecule has 126 heavy (non-hydrogen) atoms. The Labute approximate surface area is 731 Å². The van der Waals surface area contributed by atoms with Gasteiger partial charge in [0, 0.05) is 98.7 Å². The number of benzene rings is 2. The van der Waals surface area contributed by atoms with Gasteiger partial charge in [-0.25, -0.2) is 63.4 Å². The van der Waals surface area contributed by atoms with E-state index >= 15 is 0 Å². The fourth-order valence-electron chi connectivity index (χ4n) is 12.8. The second-order valence-corrected chi connectivity index (χ2v) is 28.5. The molecule has 0 spiro atoms. The zero-order valence-electron chi connectivity index (χ0n) is 75.1. The van der Waals surface area contributed by atoms with Crippen molar-refractivity contribution in [1.82, 2.24) is 48.8 Å². The highest BCUT2D eigenvalue weighted by molar-refractivity contribution is 6.39. The number of esters is 8. The van der Waals surface area contributed by atoms with Crippen molar-refractivity contribution in [2.24, 2.45) is 21.1 Å². The molecule has 2 saturated heterocycles. The number of ether oxygens (including phenoxy) is 10. The minimum atomic E-state index is -1.61. The topological polar surface area (TPSA) is 485 Å². The van der Waals surface area contributed by atoms with E-state index in [0.29, 0.717) is 68.8 Å². The Hall–Kier alpha value is -12.6. The Bertz CT molecular complexity index is 4780. The van der Waals surface area contributed by atoms with Crippen LogP contribution in [0.1, 0.15) is 190 Å². The molecular weight excluding hydrogens is 1650 g/mol. The Balaban J connectivity index is 0.000000308. The van der Waals surface area contributed by atoms with Gasteiger partial charge in [-0.3, -0.25) is 47.5 Å². The largest absolute Gasteiger partial charge is 0.501 e. The maximum absolute atomic E-state index is 12.7. The minimum absolute atomic E-state index is 0.00331. The van der Waals surface area contributed by atoms with Crippen LogP contribution in [0.4, 0.5) is 0 Å².